The number of piperazine rings is 1. The van der Waals surface area contributed by atoms with E-state index in [1.54, 1.807) is 9.58 Å². The maximum atomic E-state index is 13.2. The van der Waals surface area contributed by atoms with Crippen LogP contribution < -0.4 is 20.4 Å². The van der Waals surface area contributed by atoms with Crippen LogP contribution in [0.5, 0.6) is 0 Å². The average Bonchev–Trinajstić information content (AvgIpc) is 3.29. The fourth-order valence-electron chi connectivity index (χ4n) is 4.76. The van der Waals surface area contributed by atoms with Gasteiger partial charge in [0.05, 0.1) is 11.4 Å². The zero-order valence-electron chi connectivity index (χ0n) is 18.4. The van der Waals surface area contributed by atoms with Crippen LogP contribution >= 0.6 is 0 Å². The molecule has 31 heavy (non-hydrogen) atoms. The van der Waals surface area contributed by atoms with Crippen molar-refractivity contribution >= 4 is 34.3 Å². The highest BCUT2D eigenvalue weighted by atomic mass is 16.2. The zero-order valence-corrected chi connectivity index (χ0v) is 18.4. The van der Waals surface area contributed by atoms with Crippen molar-refractivity contribution in [2.75, 3.05) is 34.8 Å². The van der Waals surface area contributed by atoms with Gasteiger partial charge < -0.3 is 15.5 Å². The van der Waals surface area contributed by atoms with Crippen molar-refractivity contribution < 1.29 is 4.79 Å². The average molecular weight is 421 g/mol. The van der Waals surface area contributed by atoms with Crippen LogP contribution in [0.4, 0.5) is 22.0 Å². The summed E-state index contributed by atoms with van der Waals surface area (Å²) in [6.07, 6.45) is 4.51. The molecule has 5 heterocycles. The molecule has 9 nitrogen and oxygen atoms in total. The van der Waals surface area contributed by atoms with Gasteiger partial charge in [-0.05, 0) is 39.3 Å². The maximum Gasteiger partial charge on any atom is 0.327 e. The number of hydrogen-bond donors (Lipinski definition) is 2. The van der Waals surface area contributed by atoms with E-state index < -0.39 is 0 Å². The highest BCUT2D eigenvalue weighted by Crippen LogP contribution is 2.35. The van der Waals surface area contributed by atoms with Crippen LogP contribution in [0.1, 0.15) is 25.1 Å². The predicted molar refractivity (Wildman–Crippen MR) is 122 cm³/mol. The lowest BCUT2D eigenvalue weighted by Gasteiger charge is -2.38. The second-order valence-electron chi connectivity index (χ2n) is 8.67. The Hall–Kier alpha value is -3.20. The molecule has 1 saturated heterocycles. The first-order chi connectivity index (χ1) is 14.9. The molecule has 2 amide bonds. The summed E-state index contributed by atoms with van der Waals surface area (Å²) in [4.78, 5) is 26.4. The van der Waals surface area contributed by atoms with E-state index in [1.807, 2.05) is 32.4 Å². The van der Waals surface area contributed by atoms with E-state index in [1.165, 1.54) is 5.69 Å². The molecule has 2 aliphatic heterocycles. The Bertz CT molecular complexity index is 1150. The Morgan fingerprint density at radius 1 is 1.26 bits per heavy atom. The van der Waals surface area contributed by atoms with E-state index in [0.717, 1.165) is 42.0 Å². The Balaban J connectivity index is 1.40. The largest absolute Gasteiger partial charge is 0.368 e. The van der Waals surface area contributed by atoms with Crippen LogP contribution in [0, 0.1) is 6.92 Å². The fourth-order valence-corrected chi connectivity index (χ4v) is 4.76. The molecule has 3 aromatic rings. The number of fused-ring (bicyclic) bond motifs is 2. The number of nitrogens with zero attached hydrogens (tertiary/aromatic N) is 6. The minimum absolute atomic E-state index is 0.182. The van der Waals surface area contributed by atoms with E-state index in [9.17, 15) is 4.79 Å². The SMILES string of the molecule is Cc1nc2nn(C)cc2cc1NC(=O)N1CCc2c(N3C[C@@H](C)N[C@@H](C)C3)ccnc21. The highest BCUT2D eigenvalue weighted by molar-refractivity contribution is 6.04. The summed E-state index contributed by atoms with van der Waals surface area (Å²) in [5.41, 5.74) is 4.45. The van der Waals surface area contributed by atoms with Gasteiger partial charge in [-0.2, -0.15) is 5.10 Å². The maximum absolute atomic E-state index is 13.2. The van der Waals surface area contributed by atoms with Crippen LogP contribution in [-0.2, 0) is 13.5 Å². The van der Waals surface area contributed by atoms with Gasteiger partial charge in [-0.3, -0.25) is 9.58 Å². The van der Waals surface area contributed by atoms with Crippen LogP contribution in [-0.4, -0.2) is 57.5 Å². The lowest BCUT2D eigenvalue weighted by molar-refractivity contribution is 0.257. The molecule has 2 aliphatic rings. The molecule has 3 aromatic heterocycles. The smallest absolute Gasteiger partial charge is 0.327 e. The molecule has 0 spiro atoms. The highest BCUT2D eigenvalue weighted by Gasteiger charge is 2.31. The second-order valence-corrected chi connectivity index (χ2v) is 8.67. The Morgan fingerprint density at radius 3 is 2.81 bits per heavy atom. The first-order valence-electron chi connectivity index (χ1n) is 10.8. The van der Waals surface area contributed by atoms with E-state index in [4.69, 9.17) is 0 Å². The summed E-state index contributed by atoms with van der Waals surface area (Å²) in [6, 6.07) is 4.67. The minimum Gasteiger partial charge on any atom is -0.368 e. The standard InChI is InChI=1S/C22H28N8O/c1-13-10-29(11-14(2)24-13)19-5-7-23-21-17(19)6-8-30(21)22(31)26-18-9-16-12-28(4)27-20(16)25-15(18)3/h5,7,9,12-14,24H,6,8,10-11H2,1-4H3,(H,26,31)/t13-,14+. The normalized spacial score (nSPS) is 20.9. The first kappa shape index (κ1) is 19.7. The minimum atomic E-state index is -0.182. The van der Waals surface area contributed by atoms with Crippen LogP contribution in [0.15, 0.2) is 24.5 Å². The van der Waals surface area contributed by atoms with E-state index in [2.05, 4.69) is 50.5 Å². The molecule has 0 saturated carbocycles. The van der Waals surface area contributed by atoms with Gasteiger partial charge in [-0.1, -0.05) is 0 Å². The number of anilines is 3. The van der Waals surface area contributed by atoms with Crippen molar-refractivity contribution in [3.05, 3.63) is 35.8 Å². The number of amides is 2. The molecule has 2 N–H and O–H groups in total. The number of aryl methyl sites for hydroxylation is 2. The molecule has 162 valence electrons. The number of carbonyl (C=O) groups is 1. The van der Waals surface area contributed by atoms with Gasteiger partial charge in [0.15, 0.2) is 5.65 Å². The van der Waals surface area contributed by atoms with Gasteiger partial charge in [-0.25, -0.2) is 14.8 Å². The fraction of sp³-hybridized carbons (Fsp3) is 0.455. The van der Waals surface area contributed by atoms with Gasteiger partial charge >= 0.3 is 6.03 Å². The van der Waals surface area contributed by atoms with Crippen molar-refractivity contribution in [1.82, 2.24) is 25.1 Å². The predicted octanol–water partition coefficient (Wildman–Crippen LogP) is 2.45. The molecule has 1 fully saturated rings. The molecule has 0 unspecified atom stereocenters. The molecule has 2 atom stereocenters. The van der Waals surface area contributed by atoms with Gasteiger partial charge in [-0.15, -0.1) is 0 Å². The van der Waals surface area contributed by atoms with Crippen LogP contribution in [0.25, 0.3) is 11.0 Å². The van der Waals surface area contributed by atoms with Crippen LogP contribution in [0.2, 0.25) is 0 Å². The second kappa shape index (κ2) is 7.49. The molecular formula is C22H28N8O. The molecule has 0 aromatic carbocycles. The number of aromatic nitrogens is 4. The van der Waals surface area contributed by atoms with Crippen molar-refractivity contribution in [2.24, 2.45) is 7.05 Å². The Labute approximate surface area is 181 Å². The van der Waals surface area contributed by atoms with Gasteiger partial charge in [0.1, 0.15) is 5.82 Å². The number of pyridine rings is 2. The summed E-state index contributed by atoms with van der Waals surface area (Å²) < 4.78 is 1.72. The first-order valence-corrected chi connectivity index (χ1v) is 10.8. The third-order valence-electron chi connectivity index (χ3n) is 6.03. The summed E-state index contributed by atoms with van der Waals surface area (Å²) in [5, 5.41) is 11.8. The van der Waals surface area contributed by atoms with Crippen molar-refractivity contribution in [3.8, 4) is 0 Å². The number of urea groups is 1. The van der Waals surface area contributed by atoms with Gasteiger partial charge in [0.2, 0.25) is 0 Å². The summed E-state index contributed by atoms with van der Waals surface area (Å²) in [7, 11) is 1.86. The number of carbonyl (C=O) groups excluding carboxylic acids is 1. The van der Waals surface area contributed by atoms with Crippen molar-refractivity contribution in [2.45, 2.75) is 39.3 Å². The summed E-state index contributed by atoms with van der Waals surface area (Å²) >= 11 is 0. The molecule has 0 radical (unpaired) electrons. The van der Waals surface area contributed by atoms with Crippen LogP contribution in [0.3, 0.4) is 0 Å². The number of rotatable bonds is 2. The van der Waals surface area contributed by atoms with E-state index in [-0.39, 0.29) is 6.03 Å². The molecular weight excluding hydrogens is 392 g/mol. The monoisotopic (exact) mass is 420 g/mol. The Morgan fingerprint density at radius 2 is 2.03 bits per heavy atom. The van der Waals surface area contributed by atoms with Crippen molar-refractivity contribution in [3.63, 3.8) is 0 Å². The molecule has 0 aliphatic carbocycles. The summed E-state index contributed by atoms with van der Waals surface area (Å²) in [6.45, 7) is 8.80. The third kappa shape index (κ3) is 3.59. The van der Waals surface area contributed by atoms with Gasteiger partial charge in [0.25, 0.3) is 0 Å². The molecule has 9 heteroatoms. The van der Waals surface area contributed by atoms with Crippen molar-refractivity contribution in [1.29, 1.82) is 0 Å². The topological polar surface area (TPSA) is 91.2 Å². The van der Waals surface area contributed by atoms with E-state index in [0.29, 0.717) is 30.0 Å². The molecule has 5 rings (SSSR count). The number of hydrogen-bond acceptors (Lipinski definition) is 6. The summed E-state index contributed by atoms with van der Waals surface area (Å²) in [5.74, 6) is 0.752. The number of nitrogens with one attached hydrogen (secondary N) is 2. The Kier molecular flexibility index (Phi) is 4.77. The van der Waals surface area contributed by atoms with E-state index >= 15 is 0 Å². The van der Waals surface area contributed by atoms with Gasteiger partial charge in [0, 0.05) is 67.8 Å². The lowest BCUT2D eigenvalue weighted by atomic mass is 10.1. The quantitative estimate of drug-likeness (QED) is 0.662. The third-order valence-corrected chi connectivity index (χ3v) is 6.03. The molecule has 0 bridgehead atoms. The lowest BCUT2D eigenvalue weighted by Crippen LogP contribution is -2.54. The zero-order chi connectivity index (χ0) is 21.7.